The number of hydrogen-bond donors (Lipinski definition) is 0. The maximum absolute atomic E-state index is 2.41. The minimum Gasteiger partial charge on any atom is -0.0654 e. The van der Waals surface area contributed by atoms with Gasteiger partial charge in [-0.1, -0.05) is 332 Å². The summed E-state index contributed by atoms with van der Waals surface area (Å²) in [5.41, 5.74) is 6.01. The average molecular weight is 930 g/mol. The van der Waals surface area contributed by atoms with E-state index in [4.69, 9.17) is 0 Å². The van der Waals surface area contributed by atoms with E-state index in [1.165, 1.54) is 189 Å². The van der Waals surface area contributed by atoms with E-state index >= 15 is 0 Å². The second kappa shape index (κ2) is 43.9. The summed E-state index contributed by atoms with van der Waals surface area (Å²) in [6.45, 7) is 25.7. The van der Waals surface area contributed by atoms with Crippen molar-refractivity contribution in [2.45, 2.75) is 267 Å². The maximum atomic E-state index is 2.41. The van der Waals surface area contributed by atoms with Crippen molar-refractivity contribution < 1.29 is 0 Å². The lowest BCUT2D eigenvalue weighted by molar-refractivity contribution is 0.434. The van der Waals surface area contributed by atoms with Crippen LogP contribution < -0.4 is 0 Å². The summed E-state index contributed by atoms with van der Waals surface area (Å²) < 4.78 is 0. The van der Waals surface area contributed by atoms with Crippen molar-refractivity contribution in [1.29, 1.82) is 0 Å². The maximum Gasteiger partial charge on any atom is -0.0165 e. The Bertz CT molecular complexity index is 1580. The molecule has 0 aromatic heterocycles. The fourth-order valence-corrected chi connectivity index (χ4v) is 9.94. The van der Waals surface area contributed by atoms with E-state index in [0.717, 1.165) is 35.5 Å². The normalized spacial score (nSPS) is 14.0. The van der Waals surface area contributed by atoms with Crippen molar-refractivity contribution in [3.05, 3.63) is 144 Å². The molecule has 0 nitrogen and oxygen atoms in total. The molecule has 0 aliphatic heterocycles. The number of hydrogen-bond acceptors (Lipinski definition) is 0. The van der Waals surface area contributed by atoms with Crippen LogP contribution >= 0.6 is 0 Å². The van der Waals surface area contributed by atoms with Gasteiger partial charge in [0.15, 0.2) is 0 Å². The van der Waals surface area contributed by atoms with Gasteiger partial charge in [-0.05, 0) is 95.8 Å². The summed E-state index contributed by atoms with van der Waals surface area (Å²) in [5.74, 6) is 5.66. The molecule has 4 aromatic carbocycles. The van der Waals surface area contributed by atoms with Crippen molar-refractivity contribution >= 4 is 0 Å². The standard InChI is InChI=1S/4C17H28/c1-4-10-15(2)11-8-9-12-16(3)17-13-6-5-7-14-17;1-4-5-7-10-15(2)13-14-16(3)17-11-8-6-9-12-17;1-4-10-15(3)11-9-14-16(5-2)17-12-7-6-8-13-17;1-3-4-5-6-7-8-10-13-16(2)17-14-11-9-12-15-17/h5-7,13-16H,4,8-12H2,1-3H3;6,8-9,11-12,15-16H,4-5,7,10,13-14H2,1-3H3;6-8,12-13,15-16H,4-5,9-11,14H2,1-3H3;9,11-12,14-16H,3-8,10,13H2,1-2H3. The zero-order valence-electron chi connectivity index (χ0n) is 47.0. The molecule has 0 aliphatic carbocycles. The third-order valence-electron chi connectivity index (χ3n) is 14.9. The van der Waals surface area contributed by atoms with Crippen LogP contribution in [0.4, 0.5) is 0 Å². The van der Waals surface area contributed by atoms with E-state index < -0.39 is 0 Å². The SMILES string of the molecule is CCCC(C)CCCC(CC)c1ccccc1.CCCC(C)CCCCC(C)c1ccccc1.CCCCCC(C)CCC(C)c1ccccc1.CCCCCCCCCC(C)c1ccccc1. The average Bonchev–Trinajstić information content (AvgIpc) is 3.37. The first-order valence-corrected chi connectivity index (χ1v) is 29.3. The lowest BCUT2D eigenvalue weighted by atomic mass is 9.89. The van der Waals surface area contributed by atoms with Crippen molar-refractivity contribution in [2.75, 3.05) is 0 Å². The summed E-state index contributed by atoms with van der Waals surface area (Å²) in [5, 5.41) is 0. The zero-order valence-corrected chi connectivity index (χ0v) is 47.0. The van der Waals surface area contributed by atoms with Crippen molar-refractivity contribution in [1.82, 2.24) is 0 Å². The Morgan fingerprint density at radius 1 is 0.250 bits per heavy atom. The highest BCUT2D eigenvalue weighted by molar-refractivity contribution is 5.21. The van der Waals surface area contributed by atoms with Crippen molar-refractivity contribution in [3.8, 4) is 0 Å². The van der Waals surface area contributed by atoms with E-state index in [-0.39, 0.29) is 0 Å². The second-order valence-corrected chi connectivity index (χ2v) is 21.5. The van der Waals surface area contributed by atoms with Crippen LogP contribution in [0.25, 0.3) is 0 Å². The first kappa shape index (κ1) is 62.9. The molecule has 7 atom stereocenters. The van der Waals surface area contributed by atoms with Crippen LogP contribution in [-0.4, -0.2) is 0 Å². The van der Waals surface area contributed by atoms with E-state index in [9.17, 15) is 0 Å². The van der Waals surface area contributed by atoms with Gasteiger partial charge in [-0.2, -0.15) is 0 Å². The molecule has 0 saturated carbocycles. The molecule has 4 aromatic rings. The topological polar surface area (TPSA) is 0 Å². The molecule has 0 aliphatic rings. The van der Waals surface area contributed by atoms with Gasteiger partial charge in [-0.15, -0.1) is 0 Å². The largest absolute Gasteiger partial charge is 0.0654 e. The smallest absolute Gasteiger partial charge is 0.0165 e. The van der Waals surface area contributed by atoms with Crippen molar-refractivity contribution in [2.24, 2.45) is 17.8 Å². The van der Waals surface area contributed by atoms with E-state index in [2.05, 4.69) is 197 Å². The van der Waals surface area contributed by atoms with Crippen molar-refractivity contribution in [3.63, 3.8) is 0 Å². The Kier molecular flexibility index (Phi) is 40.6. The molecular weight excluding hydrogens is 817 g/mol. The van der Waals surface area contributed by atoms with E-state index in [1.807, 2.05) is 0 Å². The molecule has 0 spiro atoms. The van der Waals surface area contributed by atoms with Crippen LogP contribution in [0.15, 0.2) is 121 Å². The van der Waals surface area contributed by atoms with Gasteiger partial charge in [0.05, 0.1) is 0 Å². The number of unbranched alkanes of at least 4 members (excludes halogenated alkanes) is 9. The molecule has 4 rings (SSSR count). The fourth-order valence-electron chi connectivity index (χ4n) is 9.94. The van der Waals surface area contributed by atoms with E-state index in [1.54, 1.807) is 0 Å². The summed E-state index contributed by atoms with van der Waals surface area (Å²) in [6, 6.07) is 43.7. The molecule has 7 unspecified atom stereocenters. The molecular formula is C68H112. The zero-order chi connectivity index (χ0) is 49.9. The number of rotatable bonds is 33. The van der Waals surface area contributed by atoms with Gasteiger partial charge in [0.25, 0.3) is 0 Å². The lowest BCUT2D eigenvalue weighted by Gasteiger charge is -2.16. The molecule has 68 heavy (non-hydrogen) atoms. The van der Waals surface area contributed by atoms with Gasteiger partial charge in [0, 0.05) is 0 Å². The molecule has 0 saturated heterocycles. The van der Waals surface area contributed by atoms with Gasteiger partial charge in [-0.3, -0.25) is 0 Å². The molecule has 0 amide bonds. The molecule has 0 heterocycles. The Balaban J connectivity index is 0.000000453. The predicted molar refractivity (Wildman–Crippen MR) is 310 cm³/mol. The predicted octanol–water partition coefficient (Wildman–Crippen LogP) is 23.3. The third kappa shape index (κ3) is 33.4. The van der Waals surface area contributed by atoms with Gasteiger partial charge < -0.3 is 0 Å². The van der Waals surface area contributed by atoms with Crippen LogP contribution in [0.1, 0.15) is 289 Å². The number of benzene rings is 4. The quantitative estimate of drug-likeness (QED) is 0.0418. The first-order chi connectivity index (χ1) is 33.1. The molecule has 0 fully saturated rings. The first-order valence-electron chi connectivity index (χ1n) is 29.3. The molecule has 0 radical (unpaired) electrons. The molecule has 0 bridgehead atoms. The Labute approximate surface area is 426 Å². The molecule has 384 valence electrons. The van der Waals surface area contributed by atoms with E-state index in [0.29, 0.717) is 5.92 Å². The molecule has 0 N–H and O–H groups in total. The fraction of sp³-hybridized carbons (Fsp3) is 0.647. The van der Waals surface area contributed by atoms with Gasteiger partial charge >= 0.3 is 0 Å². The third-order valence-corrected chi connectivity index (χ3v) is 14.9. The second-order valence-electron chi connectivity index (χ2n) is 21.5. The van der Waals surface area contributed by atoms with Crippen LogP contribution in [0, 0.1) is 17.8 Å². The minimum atomic E-state index is 0.713. The highest BCUT2D eigenvalue weighted by Crippen LogP contribution is 2.28. The summed E-state index contributed by atoms with van der Waals surface area (Å²) in [4.78, 5) is 0. The lowest BCUT2D eigenvalue weighted by Crippen LogP contribution is -2.00. The van der Waals surface area contributed by atoms with Crippen LogP contribution in [0.5, 0.6) is 0 Å². The Hall–Kier alpha value is -3.12. The van der Waals surface area contributed by atoms with Crippen LogP contribution in [0.2, 0.25) is 0 Å². The summed E-state index contributed by atoms with van der Waals surface area (Å²) >= 11 is 0. The summed E-state index contributed by atoms with van der Waals surface area (Å²) in [7, 11) is 0. The van der Waals surface area contributed by atoms with Crippen LogP contribution in [0.3, 0.4) is 0 Å². The Morgan fingerprint density at radius 3 is 0.971 bits per heavy atom. The monoisotopic (exact) mass is 929 g/mol. The Morgan fingerprint density at radius 2 is 0.559 bits per heavy atom. The summed E-state index contributed by atoms with van der Waals surface area (Å²) in [6.07, 6.45) is 35.9. The molecule has 0 heteroatoms. The highest BCUT2D eigenvalue weighted by atomic mass is 14.2. The van der Waals surface area contributed by atoms with Gasteiger partial charge in [0.1, 0.15) is 0 Å². The van der Waals surface area contributed by atoms with Gasteiger partial charge in [0.2, 0.25) is 0 Å². The van der Waals surface area contributed by atoms with Crippen LogP contribution in [-0.2, 0) is 0 Å². The van der Waals surface area contributed by atoms with Gasteiger partial charge in [-0.25, -0.2) is 0 Å². The minimum absolute atomic E-state index is 0.713. The highest BCUT2D eigenvalue weighted by Gasteiger charge is 2.11.